The molecule has 172 valence electrons. The summed E-state index contributed by atoms with van der Waals surface area (Å²) in [5.74, 6) is -1.03. The Hall–Kier alpha value is -3.06. The van der Waals surface area contributed by atoms with E-state index in [1.165, 1.54) is 6.07 Å². The smallest absolute Gasteiger partial charge is 0.313 e. The molecule has 2 N–H and O–H groups in total. The number of aryl methyl sites for hydroxylation is 1. The molecular formula is C26H28FN3O3. The molecule has 2 atom stereocenters. The van der Waals surface area contributed by atoms with Crippen molar-refractivity contribution in [1.82, 2.24) is 9.55 Å². The number of halogens is 1. The van der Waals surface area contributed by atoms with Gasteiger partial charge in [-0.15, -0.1) is 0 Å². The fraction of sp³-hybridized carbons (Fsp3) is 0.423. The normalized spacial score (nSPS) is 19.9. The largest absolute Gasteiger partial charge is 0.460 e. The minimum absolute atomic E-state index is 0.00352. The number of hydrogen-bond donors (Lipinski definition) is 1. The average Bonchev–Trinajstić information content (AvgIpc) is 3.18. The Morgan fingerprint density at radius 2 is 1.97 bits per heavy atom. The van der Waals surface area contributed by atoms with Crippen LogP contribution in [0, 0.1) is 12.7 Å². The molecule has 3 aliphatic rings. The molecule has 1 aromatic carbocycles. The molecular weight excluding hydrogens is 421 g/mol. The number of carbonyl (C=O) groups excluding carboxylic acids is 1. The Labute approximate surface area is 191 Å². The van der Waals surface area contributed by atoms with Crippen molar-refractivity contribution in [1.29, 1.82) is 0 Å². The second-order valence-electron chi connectivity index (χ2n) is 8.78. The van der Waals surface area contributed by atoms with Crippen molar-refractivity contribution in [3.63, 3.8) is 0 Å². The van der Waals surface area contributed by atoms with E-state index in [0.29, 0.717) is 47.4 Å². The van der Waals surface area contributed by atoms with Gasteiger partial charge in [-0.25, -0.2) is 9.37 Å². The van der Waals surface area contributed by atoms with Gasteiger partial charge in [0.25, 0.3) is 5.56 Å². The van der Waals surface area contributed by atoms with Gasteiger partial charge in [-0.05, 0) is 54.5 Å². The molecule has 0 fully saturated rings. The van der Waals surface area contributed by atoms with Crippen LogP contribution in [0.15, 0.2) is 16.9 Å². The lowest BCUT2D eigenvalue weighted by Crippen LogP contribution is -2.32. The number of aromatic nitrogens is 2. The zero-order valence-electron chi connectivity index (χ0n) is 19.4. The molecule has 33 heavy (non-hydrogen) atoms. The Morgan fingerprint density at radius 3 is 2.70 bits per heavy atom. The first kappa shape index (κ1) is 21.8. The van der Waals surface area contributed by atoms with Crippen LogP contribution in [0.25, 0.3) is 22.3 Å². The quantitative estimate of drug-likeness (QED) is 0.436. The van der Waals surface area contributed by atoms with E-state index in [0.717, 1.165) is 34.1 Å². The molecule has 0 bridgehead atoms. The highest BCUT2D eigenvalue weighted by molar-refractivity contribution is 5.93. The first-order valence-corrected chi connectivity index (χ1v) is 11.7. The van der Waals surface area contributed by atoms with Gasteiger partial charge in [0.15, 0.2) is 0 Å². The van der Waals surface area contributed by atoms with Gasteiger partial charge in [0.1, 0.15) is 12.4 Å². The molecule has 7 heteroatoms. The van der Waals surface area contributed by atoms with Gasteiger partial charge < -0.3 is 15.0 Å². The van der Waals surface area contributed by atoms with Crippen LogP contribution in [0.2, 0.25) is 0 Å². The molecule has 0 amide bonds. The van der Waals surface area contributed by atoms with Crippen LogP contribution in [0.1, 0.15) is 79.0 Å². The minimum atomic E-state index is -0.459. The van der Waals surface area contributed by atoms with E-state index in [1.807, 2.05) is 26.8 Å². The maximum atomic E-state index is 14.6. The van der Waals surface area contributed by atoms with Crippen molar-refractivity contribution in [3.05, 3.63) is 61.7 Å². The lowest BCUT2D eigenvalue weighted by atomic mass is 9.82. The molecule has 0 radical (unpaired) electrons. The Balaban J connectivity index is 0.00000111. The number of cyclic esters (lactones) is 1. The van der Waals surface area contributed by atoms with Crippen LogP contribution in [0.4, 0.5) is 4.39 Å². The van der Waals surface area contributed by atoms with E-state index in [4.69, 9.17) is 15.5 Å². The fourth-order valence-electron chi connectivity index (χ4n) is 5.61. The molecule has 0 spiro atoms. The van der Waals surface area contributed by atoms with Gasteiger partial charge in [-0.3, -0.25) is 9.59 Å². The van der Waals surface area contributed by atoms with Crippen molar-refractivity contribution < 1.29 is 13.9 Å². The van der Waals surface area contributed by atoms with Crippen molar-refractivity contribution in [3.8, 4) is 11.4 Å². The number of pyridine rings is 2. The highest BCUT2D eigenvalue weighted by Gasteiger charge is 2.36. The Bertz CT molecular complexity index is 1390. The predicted molar refractivity (Wildman–Crippen MR) is 125 cm³/mol. The van der Waals surface area contributed by atoms with Crippen LogP contribution in [-0.4, -0.2) is 15.5 Å². The summed E-state index contributed by atoms with van der Waals surface area (Å²) in [5.41, 5.74) is 13.1. The first-order chi connectivity index (χ1) is 15.9. The highest BCUT2D eigenvalue weighted by atomic mass is 19.1. The second kappa shape index (κ2) is 7.76. The van der Waals surface area contributed by atoms with Crippen LogP contribution in [0.3, 0.4) is 0 Å². The number of hydrogen-bond acceptors (Lipinski definition) is 5. The summed E-state index contributed by atoms with van der Waals surface area (Å²) in [6.07, 6.45) is 2.00. The van der Waals surface area contributed by atoms with E-state index in [1.54, 1.807) is 11.5 Å². The molecule has 0 saturated heterocycles. The maximum Gasteiger partial charge on any atom is 0.313 e. The molecule has 6 nitrogen and oxygen atoms in total. The number of esters is 1. The van der Waals surface area contributed by atoms with E-state index in [2.05, 4.69) is 0 Å². The Morgan fingerprint density at radius 1 is 1.21 bits per heavy atom. The number of nitrogens with zero attached hydrogens (tertiary/aromatic N) is 2. The van der Waals surface area contributed by atoms with E-state index in [9.17, 15) is 14.0 Å². The number of benzene rings is 1. The standard InChI is InChI=1S/C24H22FN3O3.C2H6/c1-3-11-13-6-19-22-14(8-28(19)23(29)15(13)9-31-24(11)30)20-17(26)5-4-12-10(2)16(25)7-18(27-22)21(12)20;1-2/h6-7,11,17H,3-5,8-9,26H2,1-2H3;1-2H3. The van der Waals surface area contributed by atoms with Crippen molar-refractivity contribution in [2.45, 2.75) is 72.1 Å². The minimum Gasteiger partial charge on any atom is -0.460 e. The van der Waals surface area contributed by atoms with E-state index < -0.39 is 5.92 Å². The van der Waals surface area contributed by atoms with Gasteiger partial charge in [0.2, 0.25) is 0 Å². The molecule has 0 saturated carbocycles. The van der Waals surface area contributed by atoms with Gasteiger partial charge in [-0.2, -0.15) is 0 Å². The third-order valence-electron chi connectivity index (χ3n) is 7.24. The SMILES string of the molecule is CC.CCC1C(=O)OCc2c1cc1n(c2=O)Cc2c-1nc1cc(F)c(C)c3c1c2C(N)CC3. The molecule has 6 rings (SSSR count). The topological polar surface area (TPSA) is 87.2 Å². The van der Waals surface area contributed by atoms with E-state index >= 15 is 0 Å². The van der Waals surface area contributed by atoms with Gasteiger partial charge in [-0.1, -0.05) is 20.8 Å². The number of fused-ring (bicyclic) bond motifs is 5. The van der Waals surface area contributed by atoms with Crippen LogP contribution in [0.5, 0.6) is 0 Å². The number of rotatable bonds is 1. The fourth-order valence-corrected chi connectivity index (χ4v) is 5.61. The van der Waals surface area contributed by atoms with Crippen LogP contribution >= 0.6 is 0 Å². The summed E-state index contributed by atoms with van der Waals surface area (Å²) < 4.78 is 21.6. The van der Waals surface area contributed by atoms with Gasteiger partial charge in [0.05, 0.1) is 34.9 Å². The molecule has 2 unspecified atom stereocenters. The molecule has 2 aliphatic heterocycles. The first-order valence-electron chi connectivity index (χ1n) is 11.7. The third-order valence-corrected chi connectivity index (χ3v) is 7.24. The molecule has 2 aromatic heterocycles. The zero-order chi connectivity index (χ0) is 23.6. The molecule has 3 aromatic rings. The van der Waals surface area contributed by atoms with Crippen molar-refractivity contribution in [2.24, 2.45) is 5.73 Å². The lowest BCUT2D eigenvalue weighted by molar-refractivity contribution is -0.148. The zero-order valence-corrected chi connectivity index (χ0v) is 19.4. The summed E-state index contributed by atoms with van der Waals surface area (Å²) in [4.78, 5) is 30.5. The summed E-state index contributed by atoms with van der Waals surface area (Å²) in [6, 6.07) is 3.19. The highest BCUT2D eigenvalue weighted by Crippen LogP contribution is 2.44. The summed E-state index contributed by atoms with van der Waals surface area (Å²) in [7, 11) is 0. The summed E-state index contributed by atoms with van der Waals surface area (Å²) >= 11 is 0. The molecule has 4 heterocycles. The van der Waals surface area contributed by atoms with Crippen molar-refractivity contribution >= 4 is 16.9 Å². The van der Waals surface area contributed by atoms with Crippen LogP contribution < -0.4 is 11.3 Å². The number of ether oxygens (including phenoxy) is 1. The summed E-state index contributed by atoms with van der Waals surface area (Å²) in [6.45, 7) is 8.08. The average molecular weight is 450 g/mol. The third kappa shape index (κ3) is 2.91. The lowest BCUT2D eigenvalue weighted by Gasteiger charge is -2.26. The van der Waals surface area contributed by atoms with Gasteiger partial charge in [0, 0.05) is 23.1 Å². The predicted octanol–water partition coefficient (Wildman–Crippen LogP) is 4.40. The second-order valence-corrected chi connectivity index (χ2v) is 8.78. The van der Waals surface area contributed by atoms with Gasteiger partial charge >= 0.3 is 5.97 Å². The maximum absolute atomic E-state index is 14.6. The number of carbonyl (C=O) groups is 1. The summed E-state index contributed by atoms with van der Waals surface area (Å²) in [5, 5.41) is 0.937. The van der Waals surface area contributed by atoms with E-state index in [-0.39, 0.29) is 30.0 Å². The van der Waals surface area contributed by atoms with Crippen molar-refractivity contribution in [2.75, 3.05) is 0 Å². The Kier molecular flexibility index (Phi) is 5.12. The van der Waals surface area contributed by atoms with Crippen LogP contribution in [-0.2, 0) is 29.1 Å². The molecule has 1 aliphatic carbocycles. The number of nitrogens with two attached hydrogens (primary N) is 1. The monoisotopic (exact) mass is 449 g/mol.